The van der Waals surface area contributed by atoms with Gasteiger partial charge in [-0.1, -0.05) is 46.9 Å². The van der Waals surface area contributed by atoms with E-state index in [4.69, 9.17) is 78.0 Å². The normalized spacial score (nSPS) is 9.33. The van der Waals surface area contributed by atoms with Crippen molar-refractivity contribution < 1.29 is 18.6 Å². The molecule has 0 fully saturated rings. The van der Waals surface area contributed by atoms with Crippen LogP contribution in [-0.2, 0) is 0 Å². The van der Waals surface area contributed by atoms with Gasteiger partial charge in [0.25, 0.3) is 0 Å². The number of methoxy groups -OCH3 is 3. The molecule has 0 radical (unpaired) electrons. The van der Waals surface area contributed by atoms with Gasteiger partial charge in [0.1, 0.15) is 22.3 Å². The van der Waals surface area contributed by atoms with Crippen LogP contribution in [0.2, 0.25) is 15.1 Å². The number of para-hydroxylation sites is 1. The first-order valence-electron chi connectivity index (χ1n) is 10.9. The average molecular weight is 618 g/mol. The summed E-state index contributed by atoms with van der Waals surface area (Å²) in [5.41, 5.74) is 18.9. The molecule has 0 aliphatic carbocycles. The number of hydrogen-bond acceptors (Lipinski definition) is 7. The zero-order valence-corrected chi connectivity index (χ0v) is 24.4. The lowest BCUT2D eigenvalue weighted by molar-refractivity contribution is 0.415. The predicted octanol–water partition coefficient (Wildman–Crippen LogP) is 8.18. The molecule has 4 aromatic carbocycles. The molecular weight excluding hydrogens is 589 g/mol. The van der Waals surface area contributed by atoms with Gasteiger partial charge in [0.05, 0.1) is 42.7 Å². The Bertz CT molecular complexity index is 1280. The van der Waals surface area contributed by atoms with Gasteiger partial charge in [0, 0.05) is 23.2 Å². The number of halogens is 5. The molecule has 0 aliphatic heterocycles. The highest BCUT2D eigenvalue weighted by molar-refractivity contribution is 6.34. The van der Waals surface area contributed by atoms with E-state index < -0.39 is 0 Å². The Morgan fingerprint density at radius 1 is 0.667 bits per heavy atom. The first kappa shape index (κ1) is 33.6. The zero-order chi connectivity index (χ0) is 29.4. The van der Waals surface area contributed by atoms with E-state index in [1.807, 2.05) is 0 Å². The van der Waals surface area contributed by atoms with E-state index in [9.17, 15) is 4.39 Å². The summed E-state index contributed by atoms with van der Waals surface area (Å²) < 4.78 is 26.9. The number of nitrogen functional groups attached to an aromatic ring is 3. The zero-order valence-electron chi connectivity index (χ0n) is 21.4. The Kier molecular flexibility index (Phi) is 15.5. The monoisotopic (exact) mass is 616 g/mol. The molecule has 0 amide bonds. The number of nitrogens with one attached hydrogen (secondary N) is 1. The third-order valence-electron chi connectivity index (χ3n) is 4.54. The van der Waals surface area contributed by atoms with Crippen LogP contribution in [0.1, 0.15) is 0 Å². The summed E-state index contributed by atoms with van der Waals surface area (Å²) in [6, 6.07) is 21.5. The van der Waals surface area contributed by atoms with Crippen molar-refractivity contribution in [2.45, 2.75) is 0 Å². The van der Waals surface area contributed by atoms with Crippen LogP contribution in [0.5, 0.6) is 17.2 Å². The number of nitrogens with two attached hydrogens (primary N) is 3. The van der Waals surface area contributed by atoms with E-state index in [0.717, 1.165) is 0 Å². The summed E-state index contributed by atoms with van der Waals surface area (Å²) in [6.07, 6.45) is 0. The molecule has 0 atom stereocenters. The summed E-state index contributed by atoms with van der Waals surface area (Å²) in [5.74, 6) is 1.55. The van der Waals surface area contributed by atoms with Crippen molar-refractivity contribution in [2.75, 3.05) is 43.4 Å². The summed E-state index contributed by atoms with van der Waals surface area (Å²) in [4.78, 5) is 2.36. The Hall–Kier alpha value is -3.43. The van der Waals surface area contributed by atoms with E-state index in [1.165, 1.54) is 19.2 Å². The van der Waals surface area contributed by atoms with Gasteiger partial charge >= 0.3 is 0 Å². The first-order chi connectivity index (χ1) is 18.6. The molecule has 0 saturated carbocycles. The standard InChI is InChI=1S/3C7H8ClNO.C6H5ClFN/c1-10-7-3-2-5(9)4-6(7)8;1-10-6-4-2-3-5(9)7(6)8;1-10-7-5(8)3-2-4-6(7)9;7-9-6-3-1-5(8)2-4-6/h3*2-4H,9H2,1H3;1-4,9H. The highest BCUT2D eigenvalue weighted by atomic mass is 35.5. The Morgan fingerprint density at radius 3 is 1.72 bits per heavy atom. The lowest BCUT2D eigenvalue weighted by Crippen LogP contribution is -1.91. The number of benzene rings is 4. The molecular formula is C27H29Cl4FN4O3. The van der Waals surface area contributed by atoms with Gasteiger partial charge in [0.15, 0.2) is 5.75 Å². The molecule has 0 aliphatic rings. The molecule has 0 heterocycles. The fourth-order valence-electron chi connectivity index (χ4n) is 2.62. The minimum atomic E-state index is -0.259. The smallest absolute Gasteiger partial charge is 0.160 e. The van der Waals surface area contributed by atoms with E-state index in [-0.39, 0.29) is 5.82 Å². The summed E-state index contributed by atoms with van der Waals surface area (Å²) in [5, 5.41) is 1.56. The van der Waals surface area contributed by atoms with E-state index in [1.54, 1.807) is 80.9 Å². The van der Waals surface area contributed by atoms with Crippen molar-refractivity contribution in [3.05, 3.63) is 99.7 Å². The van der Waals surface area contributed by atoms with Gasteiger partial charge in [-0.25, -0.2) is 4.39 Å². The molecule has 4 aromatic rings. The maximum Gasteiger partial charge on any atom is 0.160 e. The Labute approximate surface area is 247 Å². The maximum absolute atomic E-state index is 12.2. The quantitative estimate of drug-likeness (QED) is 0.135. The van der Waals surface area contributed by atoms with Crippen LogP contribution in [0.25, 0.3) is 0 Å². The SMILES string of the molecule is COc1c(N)cccc1Cl.COc1ccc(N)cc1Cl.COc1cccc(N)c1Cl.Fc1ccc(NCl)cc1. The van der Waals surface area contributed by atoms with E-state index in [0.29, 0.717) is 55.1 Å². The second-order valence-corrected chi connectivity index (χ2v) is 8.60. The molecule has 0 aromatic heterocycles. The van der Waals surface area contributed by atoms with Crippen molar-refractivity contribution >= 4 is 69.3 Å². The van der Waals surface area contributed by atoms with Crippen LogP contribution >= 0.6 is 46.6 Å². The fourth-order valence-corrected chi connectivity index (χ4v) is 3.48. The largest absolute Gasteiger partial charge is 0.495 e. The van der Waals surface area contributed by atoms with E-state index >= 15 is 0 Å². The van der Waals surface area contributed by atoms with Crippen LogP contribution in [0.15, 0.2) is 78.9 Å². The lowest BCUT2D eigenvalue weighted by atomic mass is 10.3. The third kappa shape index (κ3) is 11.9. The minimum absolute atomic E-state index is 0.259. The molecule has 0 unspecified atom stereocenters. The maximum atomic E-state index is 12.2. The molecule has 0 spiro atoms. The molecule has 0 bridgehead atoms. The summed E-state index contributed by atoms with van der Waals surface area (Å²) >= 11 is 22.4. The second-order valence-electron chi connectivity index (χ2n) is 7.22. The fraction of sp³-hybridized carbons (Fsp3) is 0.111. The van der Waals surface area contributed by atoms with Crippen LogP contribution in [-0.4, -0.2) is 21.3 Å². The van der Waals surface area contributed by atoms with Gasteiger partial charge < -0.3 is 31.4 Å². The molecule has 7 N–H and O–H groups in total. The third-order valence-corrected chi connectivity index (χ3v) is 5.76. The molecule has 12 heteroatoms. The number of anilines is 4. The first-order valence-corrected chi connectivity index (χ1v) is 12.5. The van der Waals surface area contributed by atoms with Crippen molar-refractivity contribution in [1.29, 1.82) is 0 Å². The lowest BCUT2D eigenvalue weighted by Gasteiger charge is -2.04. The van der Waals surface area contributed by atoms with Crippen LogP contribution < -0.4 is 36.2 Å². The predicted molar refractivity (Wildman–Crippen MR) is 163 cm³/mol. The topological polar surface area (TPSA) is 118 Å². The van der Waals surface area contributed by atoms with Gasteiger partial charge in [-0.2, -0.15) is 0 Å². The van der Waals surface area contributed by atoms with Crippen LogP contribution in [0.4, 0.5) is 27.1 Å². The summed E-state index contributed by atoms with van der Waals surface area (Å²) in [6.45, 7) is 0. The average Bonchev–Trinajstić information content (AvgIpc) is 2.92. The minimum Gasteiger partial charge on any atom is -0.495 e. The van der Waals surface area contributed by atoms with Gasteiger partial charge in [-0.3, -0.25) is 4.84 Å². The van der Waals surface area contributed by atoms with Crippen LogP contribution in [0.3, 0.4) is 0 Å². The van der Waals surface area contributed by atoms with Crippen molar-refractivity contribution in [3.63, 3.8) is 0 Å². The molecule has 0 saturated heterocycles. The molecule has 39 heavy (non-hydrogen) atoms. The van der Waals surface area contributed by atoms with Gasteiger partial charge in [0.2, 0.25) is 0 Å². The van der Waals surface area contributed by atoms with Crippen molar-refractivity contribution in [3.8, 4) is 17.2 Å². The van der Waals surface area contributed by atoms with Crippen LogP contribution in [0, 0.1) is 5.82 Å². The highest BCUT2D eigenvalue weighted by Gasteiger charge is 2.02. The number of ether oxygens (including phenoxy) is 3. The van der Waals surface area contributed by atoms with E-state index in [2.05, 4.69) is 4.84 Å². The molecule has 210 valence electrons. The Balaban J connectivity index is 0.000000260. The summed E-state index contributed by atoms with van der Waals surface area (Å²) in [7, 11) is 4.66. The van der Waals surface area contributed by atoms with Gasteiger partial charge in [-0.15, -0.1) is 0 Å². The Morgan fingerprint density at radius 2 is 1.26 bits per heavy atom. The van der Waals surface area contributed by atoms with Crippen molar-refractivity contribution in [1.82, 2.24) is 0 Å². The van der Waals surface area contributed by atoms with Gasteiger partial charge in [-0.05, 0) is 66.7 Å². The number of hydrogen-bond donors (Lipinski definition) is 4. The second kappa shape index (κ2) is 18.0. The highest BCUT2D eigenvalue weighted by Crippen LogP contribution is 2.30. The molecule has 7 nitrogen and oxygen atoms in total. The number of rotatable bonds is 4. The van der Waals surface area contributed by atoms with Crippen molar-refractivity contribution in [2.24, 2.45) is 0 Å². The molecule has 4 rings (SSSR count).